The number of aliphatic hydroxyl groups is 2. The summed E-state index contributed by atoms with van der Waals surface area (Å²) in [5, 5.41) is 19.1. The van der Waals surface area contributed by atoms with Gasteiger partial charge in [0.15, 0.2) is 0 Å². The van der Waals surface area contributed by atoms with Crippen molar-refractivity contribution in [1.29, 1.82) is 0 Å². The van der Waals surface area contributed by atoms with Crippen LogP contribution in [-0.2, 0) is 0 Å². The highest BCUT2D eigenvalue weighted by Crippen LogP contribution is 2.37. The minimum atomic E-state index is -0.0901. The summed E-state index contributed by atoms with van der Waals surface area (Å²) in [4.78, 5) is 2.44. The molecule has 1 saturated carbocycles. The van der Waals surface area contributed by atoms with Crippen molar-refractivity contribution in [2.45, 2.75) is 51.0 Å². The van der Waals surface area contributed by atoms with Gasteiger partial charge in [-0.3, -0.25) is 0 Å². The monoisotopic (exact) mass is 227 g/mol. The molecular weight excluding hydrogens is 202 g/mol. The standard InChI is InChI=1S/C13H25NO2/c15-11-13(6-2-1-3-7-13)10-14-8-4-12(16)5-9-14/h12,15-16H,1-11H2. The highest BCUT2D eigenvalue weighted by atomic mass is 16.3. The number of hydrogen-bond acceptors (Lipinski definition) is 3. The maximum Gasteiger partial charge on any atom is 0.0564 e. The lowest BCUT2D eigenvalue weighted by Crippen LogP contribution is -2.45. The normalized spacial score (nSPS) is 28.1. The molecule has 0 bridgehead atoms. The van der Waals surface area contributed by atoms with Gasteiger partial charge in [0.05, 0.1) is 6.10 Å². The van der Waals surface area contributed by atoms with Crippen LogP contribution in [0.4, 0.5) is 0 Å². The van der Waals surface area contributed by atoms with Gasteiger partial charge in [0.1, 0.15) is 0 Å². The first-order chi connectivity index (χ1) is 7.74. The van der Waals surface area contributed by atoms with Gasteiger partial charge in [0.2, 0.25) is 0 Å². The smallest absolute Gasteiger partial charge is 0.0564 e. The highest BCUT2D eigenvalue weighted by Gasteiger charge is 2.34. The number of hydrogen-bond donors (Lipinski definition) is 2. The van der Waals surface area contributed by atoms with Gasteiger partial charge in [0, 0.05) is 31.7 Å². The number of nitrogens with zero attached hydrogens (tertiary/aromatic N) is 1. The van der Waals surface area contributed by atoms with E-state index in [4.69, 9.17) is 0 Å². The first-order valence-corrected chi connectivity index (χ1v) is 6.75. The van der Waals surface area contributed by atoms with Crippen LogP contribution in [0, 0.1) is 5.41 Å². The van der Waals surface area contributed by atoms with Gasteiger partial charge in [-0.25, -0.2) is 0 Å². The Balaban J connectivity index is 1.86. The van der Waals surface area contributed by atoms with Crippen LogP contribution in [0.2, 0.25) is 0 Å². The van der Waals surface area contributed by atoms with Crippen LogP contribution < -0.4 is 0 Å². The summed E-state index contributed by atoms with van der Waals surface area (Å²) in [6.07, 6.45) is 7.97. The molecule has 2 aliphatic rings. The van der Waals surface area contributed by atoms with Crippen LogP contribution >= 0.6 is 0 Å². The Morgan fingerprint density at radius 2 is 1.69 bits per heavy atom. The summed E-state index contributed by atoms with van der Waals surface area (Å²) in [6, 6.07) is 0. The molecule has 0 aromatic carbocycles. The zero-order valence-corrected chi connectivity index (χ0v) is 10.2. The topological polar surface area (TPSA) is 43.7 Å². The van der Waals surface area contributed by atoms with Gasteiger partial charge in [-0.05, 0) is 25.7 Å². The van der Waals surface area contributed by atoms with Gasteiger partial charge in [-0.1, -0.05) is 19.3 Å². The number of rotatable bonds is 3. The molecule has 1 aliphatic carbocycles. The summed E-state index contributed by atoms with van der Waals surface area (Å²) in [7, 11) is 0. The molecule has 0 unspecified atom stereocenters. The van der Waals surface area contributed by atoms with Crippen molar-refractivity contribution in [3.8, 4) is 0 Å². The lowest BCUT2D eigenvalue weighted by Gasteiger charge is -2.41. The fourth-order valence-electron chi connectivity index (χ4n) is 3.22. The number of aliphatic hydroxyl groups excluding tert-OH is 2. The van der Waals surface area contributed by atoms with Crippen molar-refractivity contribution in [2.24, 2.45) is 5.41 Å². The second-order valence-corrected chi connectivity index (χ2v) is 5.73. The lowest BCUT2D eigenvalue weighted by atomic mass is 9.74. The molecule has 94 valence electrons. The second-order valence-electron chi connectivity index (χ2n) is 5.73. The molecule has 2 rings (SSSR count). The molecule has 0 atom stereocenters. The van der Waals surface area contributed by atoms with Crippen LogP contribution in [-0.4, -0.2) is 47.5 Å². The van der Waals surface area contributed by atoms with Crippen LogP contribution in [0.5, 0.6) is 0 Å². The van der Waals surface area contributed by atoms with Crippen LogP contribution in [0.15, 0.2) is 0 Å². The SMILES string of the molecule is OCC1(CN2CCC(O)CC2)CCCCC1. The summed E-state index contributed by atoms with van der Waals surface area (Å²) in [5.41, 5.74) is 0.167. The largest absolute Gasteiger partial charge is 0.396 e. The van der Waals surface area contributed by atoms with E-state index < -0.39 is 0 Å². The predicted molar refractivity (Wildman–Crippen MR) is 64.3 cm³/mol. The Morgan fingerprint density at radius 1 is 1.06 bits per heavy atom. The molecule has 1 heterocycles. The Kier molecular flexibility index (Phi) is 4.22. The van der Waals surface area contributed by atoms with Gasteiger partial charge in [0.25, 0.3) is 0 Å². The molecule has 16 heavy (non-hydrogen) atoms. The van der Waals surface area contributed by atoms with Crippen molar-refractivity contribution in [2.75, 3.05) is 26.2 Å². The minimum absolute atomic E-state index is 0.0901. The fraction of sp³-hybridized carbons (Fsp3) is 1.00. The molecule has 0 aromatic rings. The highest BCUT2D eigenvalue weighted by molar-refractivity contribution is 4.86. The van der Waals surface area contributed by atoms with E-state index in [-0.39, 0.29) is 11.5 Å². The van der Waals surface area contributed by atoms with Crippen molar-refractivity contribution in [1.82, 2.24) is 4.90 Å². The quantitative estimate of drug-likeness (QED) is 0.765. The molecule has 2 N–H and O–H groups in total. The summed E-state index contributed by atoms with van der Waals surface area (Å²) in [6.45, 7) is 3.38. The van der Waals surface area contributed by atoms with Crippen LogP contribution in [0.25, 0.3) is 0 Å². The van der Waals surface area contributed by atoms with Gasteiger partial charge >= 0.3 is 0 Å². The number of likely N-dealkylation sites (tertiary alicyclic amines) is 1. The van der Waals surface area contributed by atoms with Gasteiger partial charge in [-0.15, -0.1) is 0 Å². The Morgan fingerprint density at radius 3 is 2.25 bits per heavy atom. The van der Waals surface area contributed by atoms with Crippen molar-refractivity contribution < 1.29 is 10.2 Å². The first kappa shape index (κ1) is 12.3. The lowest BCUT2D eigenvalue weighted by molar-refractivity contribution is 0.0133. The average Bonchev–Trinajstić information content (AvgIpc) is 2.33. The molecule has 3 nitrogen and oxygen atoms in total. The number of piperidine rings is 1. The maximum atomic E-state index is 9.65. The van der Waals surface area contributed by atoms with E-state index in [9.17, 15) is 10.2 Å². The zero-order chi connectivity index (χ0) is 11.4. The predicted octanol–water partition coefficient (Wildman–Crippen LogP) is 1.39. The molecule has 0 aromatic heterocycles. The first-order valence-electron chi connectivity index (χ1n) is 6.75. The van der Waals surface area contributed by atoms with Gasteiger partial charge < -0.3 is 15.1 Å². The van der Waals surface area contributed by atoms with Crippen molar-refractivity contribution >= 4 is 0 Å². The maximum absolute atomic E-state index is 9.65. The Bertz CT molecular complexity index is 206. The van der Waals surface area contributed by atoms with E-state index in [1.54, 1.807) is 0 Å². The van der Waals surface area contributed by atoms with E-state index in [1.165, 1.54) is 32.1 Å². The van der Waals surface area contributed by atoms with E-state index in [1.807, 2.05) is 0 Å². The van der Waals surface area contributed by atoms with Gasteiger partial charge in [-0.2, -0.15) is 0 Å². The summed E-state index contributed by atoms with van der Waals surface area (Å²) < 4.78 is 0. The zero-order valence-electron chi connectivity index (χ0n) is 10.2. The third-order valence-corrected chi connectivity index (χ3v) is 4.37. The van der Waals surface area contributed by atoms with Crippen molar-refractivity contribution in [3.63, 3.8) is 0 Å². The van der Waals surface area contributed by atoms with Crippen molar-refractivity contribution in [3.05, 3.63) is 0 Å². The molecule has 0 radical (unpaired) electrons. The second kappa shape index (κ2) is 5.48. The van der Waals surface area contributed by atoms with E-state index >= 15 is 0 Å². The Hall–Kier alpha value is -0.120. The molecule has 3 heteroatoms. The average molecular weight is 227 g/mol. The van der Waals surface area contributed by atoms with Crippen LogP contribution in [0.3, 0.4) is 0 Å². The molecular formula is C13H25NO2. The van der Waals surface area contributed by atoms with E-state index in [0.717, 1.165) is 32.5 Å². The molecule has 0 amide bonds. The fourth-order valence-corrected chi connectivity index (χ4v) is 3.22. The van der Waals surface area contributed by atoms with Crippen LogP contribution in [0.1, 0.15) is 44.9 Å². The molecule has 0 spiro atoms. The third-order valence-electron chi connectivity index (χ3n) is 4.37. The van der Waals surface area contributed by atoms with E-state index in [2.05, 4.69) is 4.90 Å². The Labute approximate surface area is 98.5 Å². The third kappa shape index (κ3) is 2.96. The molecule has 1 saturated heterocycles. The summed E-state index contributed by atoms with van der Waals surface area (Å²) in [5.74, 6) is 0. The molecule has 1 aliphatic heterocycles. The summed E-state index contributed by atoms with van der Waals surface area (Å²) >= 11 is 0. The van der Waals surface area contributed by atoms with E-state index in [0.29, 0.717) is 6.61 Å². The molecule has 2 fully saturated rings. The minimum Gasteiger partial charge on any atom is -0.396 e.